The quantitative estimate of drug-likeness (QED) is 0.576. The molecule has 0 aromatic carbocycles. The molecule has 0 aliphatic carbocycles. The predicted octanol–water partition coefficient (Wildman–Crippen LogP) is 1.93. The van der Waals surface area contributed by atoms with Crippen molar-refractivity contribution < 1.29 is 4.79 Å². The van der Waals surface area contributed by atoms with E-state index in [9.17, 15) is 4.79 Å². The van der Waals surface area contributed by atoms with E-state index in [1.807, 2.05) is 0 Å². The van der Waals surface area contributed by atoms with Gasteiger partial charge >= 0.3 is 0 Å². The molecule has 0 bridgehead atoms. The van der Waals surface area contributed by atoms with Gasteiger partial charge in [0.2, 0.25) is 5.91 Å². The average molecular weight is 214 g/mol. The molecule has 0 aliphatic rings. The van der Waals surface area contributed by atoms with Crippen LogP contribution in [0, 0.1) is 5.92 Å². The summed E-state index contributed by atoms with van der Waals surface area (Å²) in [5.74, 6) is 0.895. The first-order valence-corrected chi connectivity index (χ1v) is 6.08. The standard InChI is InChI=1S/C12H26N2O/c1-11(2)8-6-4-5-7-9-14-10-12(15)13-3/h11,14H,4-10H2,1-3H3,(H,13,15). The summed E-state index contributed by atoms with van der Waals surface area (Å²) in [6.45, 7) is 5.94. The minimum atomic E-state index is 0.0646. The molecule has 0 unspecified atom stereocenters. The van der Waals surface area contributed by atoms with Crippen molar-refractivity contribution in [3.63, 3.8) is 0 Å². The molecule has 0 atom stereocenters. The van der Waals surface area contributed by atoms with Gasteiger partial charge in [0, 0.05) is 7.05 Å². The molecule has 0 fully saturated rings. The number of rotatable bonds is 9. The lowest BCUT2D eigenvalue weighted by Gasteiger charge is -2.05. The largest absolute Gasteiger partial charge is 0.358 e. The molecule has 0 aliphatic heterocycles. The molecule has 0 aromatic heterocycles. The number of nitrogens with one attached hydrogen (secondary N) is 2. The van der Waals surface area contributed by atoms with Crippen LogP contribution >= 0.6 is 0 Å². The third kappa shape index (κ3) is 11.4. The molecular weight excluding hydrogens is 188 g/mol. The lowest BCUT2D eigenvalue weighted by molar-refractivity contribution is -0.119. The van der Waals surface area contributed by atoms with Gasteiger partial charge in [-0.05, 0) is 18.9 Å². The van der Waals surface area contributed by atoms with Gasteiger partial charge in [-0.15, -0.1) is 0 Å². The number of unbranched alkanes of at least 4 members (excludes halogenated alkanes) is 3. The molecular formula is C12H26N2O. The molecule has 0 spiro atoms. The molecule has 0 heterocycles. The van der Waals surface area contributed by atoms with Crippen LogP contribution < -0.4 is 10.6 Å². The Balaban J connectivity index is 3.02. The van der Waals surface area contributed by atoms with E-state index in [2.05, 4.69) is 24.5 Å². The van der Waals surface area contributed by atoms with E-state index in [0.717, 1.165) is 12.5 Å². The molecule has 0 saturated carbocycles. The van der Waals surface area contributed by atoms with Crippen molar-refractivity contribution in [2.24, 2.45) is 5.92 Å². The van der Waals surface area contributed by atoms with Crippen LogP contribution in [0.5, 0.6) is 0 Å². The molecule has 0 saturated heterocycles. The molecule has 0 radical (unpaired) electrons. The SMILES string of the molecule is CNC(=O)CNCCCCCCC(C)C. The van der Waals surface area contributed by atoms with Gasteiger partial charge in [-0.2, -0.15) is 0 Å². The smallest absolute Gasteiger partial charge is 0.233 e. The summed E-state index contributed by atoms with van der Waals surface area (Å²) in [6.07, 6.45) is 6.45. The second kappa shape index (κ2) is 9.97. The van der Waals surface area contributed by atoms with Crippen LogP contribution in [0.25, 0.3) is 0 Å². The molecule has 1 amide bonds. The third-order valence-electron chi connectivity index (χ3n) is 2.45. The Kier molecular flexibility index (Phi) is 9.59. The Morgan fingerprint density at radius 2 is 1.80 bits per heavy atom. The zero-order chi connectivity index (χ0) is 11.5. The summed E-state index contributed by atoms with van der Waals surface area (Å²) in [5.41, 5.74) is 0. The molecule has 90 valence electrons. The molecule has 15 heavy (non-hydrogen) atoms. The lowest BCUT2D eigenvalue weighted by atomic mass is 10.0. The molecule has 3 heteroatoms. The first-order chi connectivity index (χ1) is 7.16. The van der Waals surface area contributed by atoms with E-state index in [1.165, 1.54) is 32.1 Å². The van der Waals surface area contributed by atoms with E-state index in [-0.39, 0.29) is 5.91 Å². The van der Waals surface area contributed by atoms with Crippen molar-refractivity contribution in [3.8, 4) is 0 Å². The van der Waals surface area contributed by atoms with Gasteiger partial charge in [-0.25, -0.2) is 0 Å². The fourth-order valence-corrected chi connectivity index (χ4v) is 1.45. The van der Waals surface area contributed by atoms with Crippen molar-refractivity contribution in [2.45, 2.75) is 46.0 Å². The zero-order valence-electron chi connectivity index (χ0n) is 10.4. The van der Waals surface area contributed by atoms with Crippen LogP contribution in [-0.2, 0) is 4.79 Å². The Morgan fingerprint density at radius 1 is 1.13 bits per heavy atom. The van der Waals surface area contributed by atoms with Crippen LogP contribution in [0.15, 0.2) is 0 Å². The lowest BCUT2D eigenvalue weighted by Crippen LogP contribution is -2.31. The summed E-state index contributed by atoms with van der Waals surface area (Å²) < 4.78 is 0. The van der Waals surface area contributed by atoms with Gasteiger partial charge in [0.15, 0.2) is 0 Å². The van der Waals surface area contributed by atoms with Crippen molar-refractivity contribution in [1.82, 2.24) is 10.6 Å². The van der Waals surface area contributed by atoms with Gasteiger partial charge in [0.1, 0.15) is 0 Å². The molecule has 2 N–H and O–H groups in total. The van der Waals surface area contributed by atoms with Crippen molar-refractivity contribution in [2.75, 3.05) is 20.1 Å². The maximum Gasteiger partial charge on any atom is 0.233 e. The number of carbonyl (C=O) groups excluding carboxylic acids is 1. The van der Waals surface area contributed by atoms with Crippen molar-refractivity contribution in [1.29, 1.82) is 0 Å². The summed E-state index contributed by atoms with van der Waals surface area (Å²) >= 11 is 0. The van der Waals surface area contributed by atoms with Crippen LogP contribution in [0.1, 0.15) is 46.0 Å². The van der Waals surface area contributed by atoms with E-state index in [1.54, 1.807) is 7.05 Å². The fraction of sp³-hybridized carbons (Fsp3) is 0.917. The van der Waals surface area contributed by atoms with Gasteiger partial charge in [-0.3, -0.25) is 4.79 Å². The van der Waals surface area contributed by atoms with Crippen molar-refractivity contribution >= 4 is 5.91 Å². The Morgan fingerprint density at radius 3 is 2.40 bits per heavy atom. The predicted molar refractivity (Wildman–Crippen MR) is 64.9 cm³/mol. The van der Waals surface area contributed by atoms with Gasteiger partial charge in [0.05, 0.1) is 6.54 Å². The van der Waals surface area contributed by atoms with Crippen LogP contribution in [0.2, 0.25) is 0 Å². The Bertz CT molecular complexity index is 158. The monoisotopic (exact) mass is 214 g/mol. The third-order valence-corrected chi connectivity index (χ3v) is 2.45. The van der Waals surface area contributed by atoms with Crippen molar-refractivity contribution in [3.05, 3.63) is 0 Å². The second-order valence-corrected chi connectivity index (χ2v) is 4.45. The fourth-order valence-electron chi connectivity index (χ4n) is 1.45. The van der Waals surface area contributed by atoms with E-state index < -0.39 is 0 Å². The van der Waals surface area contributed by atoms with Gasteiger partial charge in [-0.1, -0.05) is 39.5 Å². The normalized spacial score (nSPS) is 10.7. The highest BCUT2D eigenvalue weighted by Gasteiger charge is 1.96. The van der Waals surface area contributed by atoms with Crippen LogP contribution in [0.4, 0.5) is 0 Å². The van der Waals surface area contributed by atoms with E-state index in [0.29, 0.717) is 6.54 Å². The van der Waals surface area contributed by atoms with E-state index in [4.69, 9.17) is 0 Å². The summed E-state index contributed by atoms with van der Waals surface area (Å²) in [4.78, 5) is 10.8. The first kappa shape index (κ1) is 14.4. The maximum atomic E-state index is 10.8. The number of hydrogen-bond acceptors (Lipinski definition) is 2. The number of hydrogen-bond donors (Lipinski definition) is 2. The highest BCUT2D eigenvalue weighted by Crippen LogP contribution is 2.08. The average Bonchev–Trinajstić information content (AvgIpc) is 2.21. The highest BCUT2D eigenvalue weighted by atomic mass is 16.1. The minimum Gasteiger partial charge on any atom is -0.358 e. The van der Waals surface area contributed by atoms with E-state index >= 15 is 0 Å². The highest BCUT2D eigenvalue weighted by molar-refractivity contribution is 5.77. The Hall–Kier alpha value is -0.570. The summed E-state index contributed by atoms with van der Waals surface area (Å²) in [5, 5.41) is 5.71. The topological polar surface area (TPSA) is 41.1 Å². The minimum absolute atomic E-state index is 0.0646. The summed E-state index contributed by atoms with van der Waals surface area (Å²) in [6, 6.07) is 0. The number of amides is 1. The van der Waals surface area contributed by atoms with Gasteiger partial charge in [0.25, 0.3) is 0 Å². The first-order valence-electron chi connectivity index (χ1n) is 6.08. The number of carbonyl (C=O) groups is 1. The maximum absolute atomic E-state index is 10.8. The molecule has 3 nitrogen and oxygen atoms in total. The van der Waals surface area contributed by atoms with Crippen LogP contribution in [-0.4, -0.2) is 26.0 Å². The Labute approximate surface area is 94.0 Å². The number of likely N-dealkylation sites (N-methyl/N-ethyl adjacent to an activating group) is 1. The van der Waals surface area contributed by atoms with Crippen LogP contribution in [0.3, 0.4) is 0 Å². The second-order valence-electron chi connectivity index (χ2n) is 4.45. The molecule has 0 aromatic rings. The summed E-state index contributed by atoms with van der Waals surface area (Å²) in [7, 11) is 1.66. The van der Waals surface area contributed by atoms with Gasteiger partial charge < -0.3 is 10.6 Å². The zero-order valence-corrected chi connectivity index (χ0v) is 10.4. The molecule has 0 rings (SSSR count).